The van der Waals surface area contributed by atoms with Crippen molar-refractivity contribution in [3.63, 3.8) is 0 Å². The molecule has 8 heteroatoms. The summed E-state index contributed by atoms with van der Waals surface area (Å²) in [5.74, 6) is 2.36. The summed E-state index contributed by atoms with van der Waals surface area (Å²) in [6.45, 7) is 2.45. The smallest absolute Gasteiger partial charge is 0.277 e. The van der Waals surface area contributed by atoms with Crippen LogP contribution in [0.15, 0.2) is 23.3 Å². The van der Waals surface area contributed by atoms with Crippen molar-refractivity contribution in [2.75, 3.05) is 11.9 Å². The van der Waals surface area contributed by atoms with E-state index in [9.17, 15) is 4.79 Å². The van der Waals surface area contributed by atoms with Gasteiger partial charge >= 0.3 is 0 Å². The molecule has 0 fully saturated rings. The molecule has 1 N–H and O–H groups in total. The highest BCUT2D eigenvalue weighted by Crippen LogP contribution is 2.14. The first-order valence-corrected chi connectivity index (χ1v) is 6.46. The Hall–Kier alpha value is -2.77. The van der Waals surface area contributed by atoms with Crippen molar-refractivity contribution in [2.24, 2.45) is 7.05 Å². The maximum atomic E-state index is 11.8. The number of anilines is 1. The van der Waals surface area contributed by atoms with Crippen molar-refractivity contribution in [2.45, 2.75) is 13.5 Å². The zero-order valence-electron chi connectivity index (χ0n) is 12.0. The number of aromatic nitrogens is 6. The quantitative estimate of drug-likeness (QED) is 0.748. The van der Waals surface area contributed by atoms with E-state index >= 15 is 0 Å². The summed E-state index contributed by atoms with van der Waals surface area (Å²) in [5.41, 5.74) is 0.658. The van der Waals surface area contributed by atoms with Crippen LogP contribution < -0.4 is 10.5 Å². The lowest BCUT2D eigenvalue weighted by atomic mass is 10.3. The summed E-state index contributed by atoms with van der Waals surface area (Å²) in [6.07, 6.45) is 1.37. The van der Waals surface area contributed by atoms with Crippen LogP contribution in [0.25, 0.3) is 11.0 Å². The second-order valence-electron chi connectivity index (χ2n) is 4.85. The minimum Gasteiger partial charge on any atom is -0.352 e. The zero-order valence-corrected chi connectivity index (χ0v) is 12.0. The molecule has 0 aliphatic rings. The molecule has 3 aromatic heterocycles. The average Bonchev–Trinajstić information content (AvgIpc) is 2.79. The predicted octanol–water partition coefficient (Wildman–Crippen LogP) is 0.391. The van der Waals surface area contributed by atoms with Gasteiger partial charge in [-0.2, -0.15) is 0 Å². The van der Waals surface area contributed by atoms with Crippen LogP contribution in [-0.4, -0.2) is 36.8 Å². The van der Waals surface area contributed by atoms with Crippen molar-refractivity contribution in [1.29, 1.82) is 0 Å². The van der Waals surface area contributed by atoms with Crippen LogP contribution in [0.1, 0.15) is 11.6 Å². The molecule has 3 aromatic rings. The van der Waals surface area contributed by atoms with E-state index in [0.29, 0.717) is 23.4 Å². The first-order chi connectivity index (χ1) is 10.1. The van der Waals surface area contributed by atoms with Crippen LogP contribution in [0.2, 0.25) is 0 Å². The normalized spacial score (nSPS) is 11.0. The zero-order chi connectivity index (χ0) is 15.0. The first-order valence-electron chi connectivity index (χ1n) is 6.46. The van der Waals surface area contributed by atoms with Gasteiger partial charge in [-0.3, -0.25) is 4.79 Å². The van der Waals surface area contributed by atoms with Crippen molar-refractivity contribution < 1.29 is 0 Å². The van der Waals surface area contributed by atoms with E-state index in [1.54, 1.807) is 6.07 Å². The maximum absolute atomic E-state index is 11.8. The summed E-state index contributed by atoms with van der Waals surface area (Å²) in [6, 6.07) is 3.61. The van der Waals surface area contributed by atoms with Crippen molar-refractivity contribution in [3.8, 4) is 0 Å². The van der Waals surface area contributed by atoms with E-state index in [1.165, 1.54) is 6.33 Å². The molecule has 0 atom stereocenters. The van der Waals surface area contributed by atoms with E-state index in [1.807, 2.05) is 36.6 Å². The molecule has 0 aliphatic carbocycles. The molecule has 3 rings (SSSR count). The molecule has 0 unspecified atom stereocenters. The molecule has 21 heavy (non-hydrogen) atoms. The molecule has 0 radical (unpaired) electrons. The fraction of sp³-hybridized carbons (Fsp3) is 0.308. The lowest BCUT2D eigenvalue weighted by Gasteiger charge is -2.17. The molecular formula is C13H15N7O. The molecule has 0 aromatic carbocycles. The fourth-order valence-electron chi connectivity index (χ4n) is 2.04. The van der Waals surface area contributed by atoms with E-state index in [-0.39, 0.29) is 5.56 Å². The van der Waals surface area contributed by atoms with Crippen molar-refractivity contribution in [1.82, 2.24) is 29.7 Å². The van der Waals surface area contributed by atoms with Gasteiger partial charge in [-0.15, -0.1) is 10.2 Å². The van der Waals surface area contributed by atoms with Gasteiger partial charge in [0, 0.05) is 14.1 Å². The topological polar surface area (TPSA) is 92.6 Å². The van der Waals surface area contributed by atoms with E-state index in [2.05, 4.69) is 25.1 Å². The summed E-state index contributed by atoms with van der Waals surface area (Å²) in [7, 11) is 3.81. The lowest BCUT2D eigenvalue weighted by Crippen LogP contribution is -2.21. The Labute approximate surface area is 120 Å². The van der Waals surface area contributed by atoms with Crippen molar-refractivity contribution in [3.05, 3.63) is 40.5 Å². The second kappa shape index (κ2) is 4.97. The van der Waals surface area contributed by atoms with Gasteiger partial charge in [0.25, 0.3) is 5.56 Å². The summed E-state index contributed by atoms with van der Waals surface area (Å²) >= 11 is 0. The highest BCUT2D eigenvalue weighted by atomic mass is 16.1. The van der Waals surface area contributed by atoms with Gasteiger partial charge < -0.3 is 14.5 Å². The van der Waals surface area contributed by atoms with E-state index < -0.39 is 0 Å². The van der Waals surface area contributed by atoms with Gasteiger partial charge in [-0.1, -0.05) is 0 Å². The summed E-state index contributed by atoms with van der Waals surface area (Å²) < 4.78 is 1.92. The van der Waals surface area contributed by atoms with E-state index in [0.717, 1.165) is 11.6 Å². The number of aryl methyl sites for hydroxylation is 1. The highest BCUT2D eigenvalue weighted by Gasteiger charge is 2.11. The fourth-order valence-corrected chi connectivity index (χ4v) is 2.04. The number of rotatable bonds is 3. The number of fused-ring (bicyclic) bond motifs is 1. The third kappa shape index (κ3) is 2.35. The number of H-pyrrole nitrogens is 1. The van der Waals surface area contributed by atoms with Crippen molar-refractivity contribution >= 4 is 16.9 Å². The van der Waals surface area contributed by atoms with Crippen LogP contribution in [-0.2, 0) is 13.6 Å². The van der Waals surface area contributed by atoms with Gasteiger partial charge in [-0.05, 0) is 19.1 Å². The summed E-state index contributed by atoms with van der Waals surface area (Å²) in [5, 5.41) is 8.15. The number of hydrogen-bond donors (Lipinski definition) is 1. The lowest BCUT2D eigenvalue weighted by molar-refractivity contribution is 0.743. The number of aromatic amines is 1. The van der Waals surface area contributed by atoms with Crippen LogP contribution in [0, 0.1) is 6.92 Å². The summed E-state index contributed by atoms with van der Waals surface area (Å²) in [4.78, 5) is 24.7. The third-order valence-corrected chi connectivity index (χ3v) is 3.43. The van der Waals surface area contributed by atoms with Gasteiger partial charge in [0.15, 0.2) is 11.3 Å². The largest absolute Gasteiger partial charge is 0.352 e. The average molecular weight is 285 g/mol. The van der Waals surface area contributed by atoms with Crippen LogP contribution in [0.3, 0.4) is 0 Å². The number of hydrogen-bond acceptors (Lipinski definition) is 6. The molecule has 0 saturated heterocycles. The number of nitrogens with zero attached hydrogens (tertiary/aromatic N) is 6. The Morgan fingerprint density at radius 3 is 2.86 bits per heavy atom. The molecule has 8 nitrogen and oxygen atoms in total. The van der Waals surface area contributed by atoms with Gasteiger partial charge in [0.2, 0.25) is 0 Å². The SMILES string of the molecule is Cc1nnc(CN(C)c2ccc3nc[nH]c(=O)c3n2)n1C. The first kappa shape index (κ1) is 13.2. The van der Waals surface area contributed by atoms with Gasteiger partial charge in [0.05, 0.1) is 18.4 Å². The van der Waals surface area contributed by atoms with Crippen LogP contribution in [0.4, 0.5) is 5.82 Å². The molecule has 0 spiro atoms. The van der Waals surface area contributed by atoms with Crippen LogP contribution >= 0.6 is 0 Å². The minimum absolute atomic E-state index is 0.246. The van der Waals surface area contributed by atoms with Gasteiger partial charge in [-0.25, -0.2) is 9.97 Å². The Morgan fingerprint density at radius 1 is 1.33 bits per heavy atom. The molecule has 0 aliphatic heterocycles. The Kier molecular flexibility index (Phi) is 3.13. The second-order valence-corrected chi connectivity index (χ2v) is 4.85. The van der Waals surface area contributed by atoms with Gasteiger partial charge in [0.1, 0.15) is 11.6 Å². The Balaban J connectivity index is 1.94. The van der Waals surface area contributed by atoms with Crippen LogP contribution in [0.5, 0.6) is 0 Å². The molecule has 0 bridgehead atoms. The molecule has 0 amide bonds. The molecule has 0 saturated carbocycles. The third-order valence-electron chi connectivity index (χ3n) is 3.43. The number of pyridine rings is 1. The predicted molar refractivity (Wildman–Crippen MR) is 78.0 cm³/mol. The molecule has 108 valence electrons. The highest BCUT2D eigenvalue weighted by molar-refractivity contribution is 5.74. The Morgan fingerprint density at radius 2 is 2.14 bits per heavy atom. The molecule has 3 heterocycles. The molecular weight excluding hydrogens is 270 g/mol. The monoisotopic (exact) mass is 285 g/mol. The minimum atomic E-state index is -0.246. The number of nitrogens with one attached hydrogen (secondary N) is 1. The maximum Gasteiger partial charge on any atom is 0.277 e. The van der Waals surface area contributed by atoms with E-state index in [4.69, 9.17) is 0 Å². The Bertz CT molecular complexity index is 851. The standard InChI is InChI=1S/C13H15N7O/c1-8-17-18-11(20(8)3)6-19(2)10-5-4-9-12(16-10)13(21)15-7-14-9/h4-5,7H,6H2,1-3H3,(H,14,15,21).